The third-order valence-corrected chi connectivity index (χ3v) is 3.90. The van der Waals surface area contributed by atoms with Gasteiger partial charge in [-0.1, -0.05) is 12.8 Å². The molecule has 1 fully saturated rings. The fraction of sp³-hybridized carbons (Fsp3) is 0.562. The number of ether oxygens (including phenoxy) is 2. The second-order valence-corrected chi connectivity index (χ2v) is 5.30. The van der Waals surface area contributed by atoms with E-state index in [1.54, 1.807) is 32.4 Å². The minimum absolute atomic E-state index is 0.0952. The molecule has 1 aromatic carbocycles. The molecule has 1 N–H and O–H groups in total. The summed E-state index contributed by atoms with van der Waals surface area (Å²) in [6, 6.07) is 5.61. The zero-order valence-electron chi connectivity index (χ0n) is 12.4. The molecule has 0 radical (unpaired) electrons. The zero-order chi connectivity index (χ0) is 14.5. The van der Waals surface area contributed by atoms with E-state index in [-0.39, 0.29) is 11.8 Å². The van der Waals surface area contributed by atoms with Gasteiger partial charge >= 0.3 is 0 Å². The second kappa shape index (κ2) is 6.75. The van der Waals surface area contributed by atoms with Crippen LogP contribution in [0.5, 0.6) is 11.5 Å². The van der Waals surface area contributed by atoms with E-state index in [0.29, 0.717) is 23.1 Å². The van der Waals surface area contributed by atoms with Gasteiger partial charge in [0.15, 0.2) is 17.3 Å². The van der Waals surface area contributed by atoms with E-state index >= 15 is 0 Å². The van der Waals surface area contributed by atoms with Crippen molar-refractivity contribution in [3.8, 4) is 11.5 Å². The molecule has 0 bridgehead atoms. The Balaban J connectivity index is 2.07. The SMILES string of the molecule is COc1ccc(C(=O)C(C)NC2CCCC2)cc1OC. The monoisotopic (exact) mass is 277 g/mol. The van der Waals surface area contributed by atoms with Gasteiger partial charge in [-0.25, -0.2) is 0 Å². The van der Waals surface area contributed by atoms with Gasteiger partial charge in [0.1, 0.15) is 0 Å². The topological polar surface area (TPSA) is 47.6 Å². The maximum Gasteiger partial charge on any atom is 0.179 e. The van der Waals surface area contributed by atoms with E-state index in [4.69, 9.17) is 9.47 Å². The van der Waals surface area contributed by atoms with Crippen molar-refractivity contribution in [2.45, 2.75) is 44.7 Å². The van der Waals surface area contributed by atoms with Crippen LogP contribution in [0.1, 0.15) is 43.0 Å². The van der Waals surface area contributed by atoms with Gasteiger partial charge in [-0.3, -0.25) is 4.79 Å². The Bertz CT molecular complexity index is 467. The summed E-state index contributed by atoms with van der Waals surface area (Å²) in [5.41, 5.74) is 0.653. The van der Waals surface area contributed by atoms with E-state index in [1.807, 2.05) is 6.92 Å². The molecule has 4 heteroatoms. The van der Waals surface area contributed by atoms with Gasteiger partial charge in [-0.05, 0) is 38.0 Å². The summed E-state index contributed by atoms with van der Waals surface area (Å²) in [4.78, 5) is 12.4. The molecule has 1 unspecified atom stereocenters. The molecule has 0 spiro atoms. The lowest BCUT2D eigenvalue weighted by molar-refractivity contribution is 0.0944. The van der Waals surface area contributed by atoms with Crippen molar-refractivity contribution < 1.29 is 14.3 Å². The van der Waals surface area contributed by atoms with Crippen molar-refractivity contribution in [1.82, 2.24) is 5.32 Å². The largest absolute Gasteiger partial charge is 0.493 e. The van der Waals surface area contributed by atoms with E-state index in [1.165, 1.54) is 25.7 Å². The van der Waals surface area contributed by atoms with Crippen LogP contribution < -0.4 is 14.8 Å². The Hall–Kier alpha value is -1.55. The molecule has 0 aliphatic heterocycles. The number of hydrogen-bond donors (Lipinski definition) is 1. The number of Topliss-reactive ketones (excluding diaryl/α,β-unsaturated/α-hetero) is 1. The molecule has 2 rings (SSSR count). The zero-order valence-corrected chi connectivity index (χ0v) is 12.4. The molecule has 20 heavy (non-hydrogen) atoms. The molecule has 1 aromatic rings. The van der Waals surface area contributed by atoms with Gasteiger partial charge in [-0.2, -0.15) is 0 Å². The number of benzene rings is 1. The minimum atomic E-state index is -0.170. The van der Waals surface area contributed by atoms with Crippen molar-refractivity contribution >= 4 is 5.78 Å². The summed E-state index contributed by atoms with van der Waals surface area (Å²) in [5.74, 6) is 1.32. The number of rotatable bonds is 6. The van der Waals surface area contributed by atoms with Gasteiger partial charge in [-0.15, -0.1) is 0 Å². The van der Waals surface area contributed by atoms with Crippen LogP contribution in [0.2, 0.25) is 0 Å². The molecule has 110 valence electrons. The standard InChI is InChI=1S/C16H23NO3/c1-11(17-13-6-4-5-7-13)16(18)12-8-9-14(19-2)15(10-12)20-3/h8-11,13,17H,4-7H2,1-3H3. The fourth-order valence-corrected chi connectivity index (χ4v) is 2.76. The molecule has 1 aliphatic carbocycles. The Morgan fingerprint density at radius 3 is 2.45 bits per heavy atom. The second-order valence-electron chi connectivity index (χ2n) is 5.30. The van der Waals surface area contributed by atoms with Gasteiger partial charge in [0.2, 0.25) is 0 Å². The molecule has 0 aromatic heterocycles. The van der Waals surface area contributed by atoms with Crippen LogP contribution in [0.3, 0.4) is 0 Å². The molecule has 1 saturated carbocycles. The Morgan fingerprint density at radius 1 is 1.20 bits per heavy atom. The summed E-state index contributed by atoms with van der Waals surface area (Å²) in [5, 5.41) is 3.42. The number of ketones is 1. The molecule has 1 aliphatic rings. The van der Waals surface area contributed by atoms with E-state index in [2.05, 4.69) is 5.32 Å². The first-order chi connectivity index (χ1) is 9.65. The van der Waals surface area contributed by atoms with Crippen LogP contribution in [0, 0.1) is 0 Å². The maximum absolute atomic E-state index is 12.4. The Labute approximate surface area is 120 Å². The van der Waals surface area contributed by atoms with Gasteiger partial charge in [0.05, 0.1) is 20.3 Å². The number of carbonyl (C=O) groups excluding carboxylic acids is 1. The van der Waals surface area contributed by atoms with Crippen molar-refractivity contribution in [2.75, 3.05) is 14.2 Å². The summed E-state index contributed by atoms with van der Waals surface area (Å²) in [7, 11) is 3.16. The van der Waals surface area contributed by atoms with E-state index in [0.717, 1.165) is 0 Å². The Morgan fingerprint density at radius 2 is 1.85 bits per heavy atom. The lowest BCUT2D eigenvalue weighted by Gasteiger charge is -2.18. The third kappa shape index (κ3) is 3.31. The summed E-state index contributed by atoms with van der Waals surface area (Å²) >= 11 is 0. The summed E-state index contributed by atoms with van der Waals surface area (Å²) in [6.45, 7) is 1.93. The molecular formula is C16H23NO3. The lowest BCUT2D eigenvalue weighted by atomic mass is 10.0. The normalized spacial score (nSPS) is 16.9. The molecule has 0 amide bonds. The highest BCUT2D eigenvalue weighted by atomic mass is 16.5. The van der Waals surface area contributed by atoms with Crippen LogP contribution in [0.25, 0.3) is 0 Å². The molecular weight excluding hydrogens is 254 g/mol. The molecule has 1 atom stereocenters. The lowest BCUT2D eigenvalue weighted by Crippen LogP contribution is -2.40. The number of methoxy groups -OCH3 is 2. The van der Waals surface area contributed by atoms with Crippen LogP contribution in [-0.2, 0) is 0 Å². The third-order valence-electron chi connectivity index (χ3n) is 3.90. The summed E-state index contributed by atoms with van der Waals surface area (Å²) in [6.07, 6.45) is 4.86. The molecule has 0 heterocycles. The maximum atomic E-state index is 12.4. The predicted octanol–water partition coefficient (Wildman–Crippen LogP) is 2.81. The van der Waals surface area contributed by atoms with Crippen molar-refractivity contribution in [1.29, 1.82) is 0 Å². The quantitative estimate of drug-likeness (QED) is 0.812. The van der Waals surface area contributed by atoms with E-state index in [9.17, 15) is 4.79 Å². The van der Waals surface area contributed by atoms with Crippen molar-refractivity contribution in [2.24, 2.45) is 0 Å². The highest BCUT2D eigenvalue weighted by Gasteiger charge is 2.22. The van der Waals surface area contributed by atoms with Gasteiger partial charge in [0, 0.05) is 11.6 Å². The van der Waals surface area contributed by atoms with Crippen LogP contribution in [0.4, 0.5) is 0 Å². The van der Waals surface area contributed by atoms with Gasteiger partial charge < -0.3 is 14.8 Å². The average Bonchev–Trinajstić information content (AvgIpc) is 2.98. The highest BCUT2D eigenvalue weighted by molar-refractivity contribution is 6.00. The average molecular weight is 277 g/mol. The van der Waals surface area contributed by atoms with E-state index < -0.39 is 0 Å². The highest BCUT2D eigenvalue weighted by Crippen LogP contribution is 2.28. The fourth-order valence-electron chi connectivity index (χ4n) is 2.76. The number of carbonyl (C=O) groups is 1. The van der Waals surface area contributed by atoms with Crippen molar-refractivity contribution in [3.63, 3.8) is 0 Å². The first-order valence-electron chi connectivity index (χ1n) is 7.18. The summed E-state index contributed by atoms with van der Waals surface area (Å²) < 4.78 is 10.4. The first kappa shape index (κ1) is 14.9. The van der Waals surface area contributed by atoms with Crippen LogP contribution in [0.15, 0.2) is 18.2 Å². The smallest absolute Gasteiger partial charge is 0.179 e. The number of hydrogen-bond acceptors (Lipinski definition) is 4. The molecule has 0 saturated heterocycles. The molecule has 4 nitrogen and oxygen atoms in total. The number of nitrogens with one attached hydrogen (secondary N) is 1. The Kier molecular flexibility index (Phi) is 5.01. The van der Waals surface area contributed by atoms with Crippen molar-refractivity contribution in [3.05, 3.63) is 23.8 Å². The van der Waals surface area contributed by atoms with Crippen LogP contribution in [-0.4, -0.2) is 32.1 Å². The van der Waals surface area contributed by atoms with Crippen LogP contribution >= 0.6 is 0 Å². The predicted molar refractivity (Wildman–Crippen MR) is 78.7 cm³/mol. The van der Waals surface area contributed by atoms with Gasteiger partial charge in [0.25, 0.3) is 0 Å². The minimum Gasteiger partial charge on any atom is -0.493 e. The first-order valence-corrected chi connectivity index (χ1v) is 7.18.